The van der Waals surface area contributed by atoms with Crippen LogP contribution in [0.25, 0.3) is 0 Å². The van der Waals surface area contributed by atoms with Crippen molar-refractivity contribution in [2.75, 3.05) is 23.9 Å². The highest BCUT2D eigenvalue weighted by Crippen LogP contribution is 2.29. The fourth-order valence-electron chi connectivity index (χ4n) is 3.22. The first-order chi connectivity index (χ1) is 11.7. The zero-order valence-corrected chi connectivity index (χ0v) is 14.6. The van der Waals surface area contributed by atoms with Gasteiger partial charge in [-0.05, 0) is 50.3 Å². The van der Waals surface area contributed by atoms with Gasteiger partial charge < -0.3 is 15.0 Å². The minimum absolute atomic E-state index is 0.504. The van der Waals surface area contributed by atoms with Gasteiger partial charge >= 0.3 is 0 Å². The van der Waals surface area contributed by atoms with Gasteiger partial charge in [0, 0.05) is 12.6 Å². The first-order valence-corrected chi connectivity index (χ1v) is 8.59. The van der Waals surface area contributed by atoms with E-state index in [4.69, 9.17) is 4.74 Å². The molecule has 24 heavy (non-hydrogen) atoms. The van der Waals surface area contributed by atoms with Crippen LogP contribution >= 0.6 is 0 Å². The fourth-order valence-corrected chi connectivity index (χ4v) is 3.22. The van der Waals surface area contributed by atoms with E-state index in [9.17, 15) is 0 Å². The van der Waals surface area contributed by atoms with Gasteiger partial charge in [-0.1, -0.05) is 13.0 Å². The quantitative estimate of drug-likeness (QED) is 0.903. The molecule has 0 aliphatic carbocycles. The Hall–Kier alpha value is -2.37. The van der Waals surface area contributed by atoms with Gasteiger partial charge in [0.25, 0.3) is 0 Å². The number of aromatic nitrogens is 3. The van der Waals surface area contributed by atoms with Crippen LogP contribution in [0.2, 0.25) is 0 Å². The van der Waals surface area contributed by atoms with E-state index < -0.39 is 0 Å². The van der Waals surface area contributed by atoms with E-state index >= 15 is 0 Å². The Labute approximate surface area is 143 Å². The predicted molar refractivity (Wildman–Crippen MR) is 96.1 cm³/mol. The van der Waals surface area contributed by atoms with Crippen molar-refractivity contribution in [3.63, 3.8) is 0 Å². The van der Waals surface area contributed by atoms with E-state index in [-0.39, 0.29) is 0 Å². The maximum Gasteiger partial charge on any atom is 0.247 e. The van der Waals surface area contributed by atoms with Crippen LogP contribution in [0.5, 0.6) is 5.75 Å². The van der Waals surface area contributed by atoms with E-state index in [0.29, 0.717) is 17.8 Å². The summed E-state index contributed by atoms with van der Waals surface area (Å²) in [5.41, 5.74) is 2.04. The molecule has 0 amide bonds. The van der Waals surface area contributed by atoms with E-state index in [1.807, 2.05) is 25.1 Å². The van der Waals surface area contributed by atoms with Crippen molar-refractivity contribution in [2.24, 2.45) is 0 Å². The highest BCUT2D eigenvalue weighted by atomic mass is 16.5. The van der Waals surface area contributed by atoms with Crippen LogP contribution in [-0.4, -0.2) is 34.9 Å². The van der Waals surface area contributed by atoms with Gasteiger partial charge in [-0.3, -0.25) is 0 Å². The molecule has 1 saturated heterocycles. The number of hydrogen-bond donors (Lipinski definition) is 1. The number of nitrogens with zero attached hydrogens (tertiary/aromatic N) is 4. The third-order valence-electron chi connectivity index (χ3n) is 4.52. The molecule has 1 aliphatic heterocycles. The minimum atomic E-state index is 0.504. The molecule has 6 heteroatoms. The maximum atomic E-state index is 5.42. The zero-order chi connectivity index (χ0) is 16.9. The summed E-state index contributed by atoms with van der Waals surface area (Å²) in [5.74, 6) is 2.17. The average molecular weight is 327 g/mol. The molecule has 0 saturated carbocycles. The molecule has 1 fully saturated rings. The lowest BCUT2D eigenvalue weighted by atomic mass is 10.0. The SMILES string of the molecule is CCC1CCCCN1c1nncc(Nc2cc(C)ccc2OC)n1. The number of hydrogen-bond acceptors (Lipinski definition) is 6. The second-order valence-electron chi connectivity index (χ2n) is 6.22. The largest absolute Gasteiger partial charge is 0.495 e. The maximum absolute atomic E-state index is 5.42. The van der Waals surface area contributed by atoms with Gasteiger partial charge in [0.2, 0.25) is 5.95 Å². The molecule has 0 bridgehead atoms. The lowest BCUT2D eigenvalue weighted by molar-refractivity contribution is 0.416. The monoisotopic (exact) mass is 327 g/mol. The van der Waals surface area contributed by atoms with E-state index in [0.717, 1.165) is 30.0 Å². The molecular formula is C18H25N5O. The third kappa shape index (κ3) is 3.58. The van der Waals surface area contributed by atoms with Crippen LogP contribution in [0.4, 0.5) is 17.5 Å². The van der Waals surface area contributed by atoms with E-state index in [2.05, 4.69) is 32.3 Å². The van der Waals surface area contributed by atoms with Gasteiger partial charge in [-0.2, -0.15) is 10.1 Å². The second kappa shape index (κ2) is 7.47. The molecule has 2 heterocycles. The van der Waals surface area contributed by atoms with Crippen LogP contribution in [0.1, 0.15) is 38.2 Å². The molecule has 1 unspecified atom stereocenters. The highest BCUT2D eigenvalue weighted by molar-refractivity contribution is 5.65. The Balaban J connectivity index is 1.84. The predicted octanol–water partition coefficient (Wildman–Crippen LogP) is 3.70. The number of rotatable bonds is 5. The van der Waals surface area contributed by atoms with Gasteiger partial charge in [-0.15, -0.1) is 5.10 Å². The first-order valence-electron chi connectivity index (χ1n) is 8.59. The molecule has 0 radical (unpaired) electrons. The number of aryl methyl sites for hydroxylation is 1. The van der Waals surface area contributed by atoms with Gasteiger partial charge in [0.05, 0.1) is 19.0 Å². The Morgan fingerprint density at radius 3 is 3.00 bits per heavy atom. The van der Waals surface area contributed by atoms with Crippen LogP contribution in [0.15, 0.2) is 24.4 Å². The zero-order valence-electron chi connectivity index (χ0n) is 14.6. The lowest BCUT2D eigenvalue weighted by Gasteiger charge is -2.34. The minimum Gasteiger partial charge on any atom is -0.495 e. The first kappa shape index (κ1) is 16.5. The van der Waals surface area contributed by atoms with Crippen molar-refractivity contribution in [2.45, 2.75) is 45.6 Å². The van der Waals surface area contributed by atoms with Crippen molar-refractivity contribution in [1.29, 1.82) is 0 Å². The molecule has 128 valence electrons. The summed E-state index contributed by atoms with van der Waals surface area (Å²) in [6.45, 7) is 5.27. The number of piperidine rings is 1. The van der Waals surface area contributed by atoms with Crippen LogP contribution in [0, 0.1) is 6.92 Å². The van der Waals surface area contributed by atoms with E-state index in [1.165, 1.54) is 19.3 Å². The summed E-state index contributed by atoms with van der Waals surface area (Å²) in [7, 11) is 1.67. The Bertz CT molecular complexity index is 691. The van der Waals surface area contributed by atoms with Gasteiger partial charge in [0.15, 0.2) is 5.82 Å². The van der Waals surface area contributed by atoms with Gasteiger partial charge in [-0.25, -0.2) is 0 Å². The fraction of sp³-hybridized carbons (Fsp3) is 0.500. The standard InChI is InChI=1S/C18H25N5O/c1-4-14-7-5-6-10-23(14)18-21-17(12-19-22-18)20-15-11-13(2)8-9-16(15)24-3/h8-9,11-12,14H,4-7,10H2,1-3H3,(H,20,21,22). The van der Waals surface area contributed by atoms with Crippen molar-refractivity contribution in [3.8, 4) is 5.75 Å². The molecule has 3 rings (SSSR count). The Morgan fingerprint density at radius 1 is 1.33 bits per heavy atom. The second-order valence-corrected chi connectivity index (χ2v) is 6.22. The number of methoxy groups -OCH3 is 1. The summed E-state index contributed by atoms with van der Waals surface area (Å²) >= 11 is 0. The summed E-state index contributed by atoms with van der Waals surface area (Å²) in [5, 5.41) is 11.7. The summed E-state index contributed by atoms with van der Waals surface area (Å²) in [4.78, 5) is 6.97. The van der Waals surface area contributed by atoms with Crippen molar-refractivity contribution in [3.05, 3.63) is 30.0 Å². The molecule has 1 aromatic heterocycles. The molecule has 6 nitrogen and oxygen atoms in total. The topological polar surface area (TPSA) is 63.2 Å². The molecule has 1 aliphatic rings. The van der Waals surface area contributed by atoms with Crippen molar-refractivity contribution < 1.29 is 4.74 Å². The molecule has 2 aromatic rings. The van der Waals surface area contributed by atoms with Crippen molar-refractivity contribution >= 4 is 17.5 Å². The summed E-state index contributed by atoms with van der Waals surface area (Å²) in [6, 6.07) is 6.51. The molecule has 1 N–H and O–H groups in total. The van der Waals surface area contributed by atoms with Crippen molar-refractivity contribution in [1.82, 2.24) is 15.2 Å². The molecule has 1 aromatic carbocycles. The van der Waals surface area contributed by atoms with Crippen LogP contribution in [0.3, 0.4) is 0 Å². The molecule has 1 atom stereocenters. The summed E-state index contributed by atoms with van der Waals surface area (Å²) in [6.07, 6.45) is 6.41. The number of anilines is 3. The number of ether oxygens (including phenoxy) is 1. The Morgan fingerprint density at radius 2 is 2.21 bits per heavy atom. The Kier molecular flexibility index (Phi) is 5.13. The normalized spacial score (nSPS) is 17.6. The number of benzene rings is 1. The lowest BCUT2D eigenvalue weighted by Crippen LogP contribution is -2.40. The van der Waals surface area contributed by atoms with Crippen LogP contribution < -0.4 is 15.0 Å². The number of nitrogens with one attached hydrogen (secondary N) is 1. The molecule has 0 spiro atoms. The van der Waals surface area contributed by atoms with Gasteiger partial charge in [0.1, 0.15) is 5.75 Å². The highest BCUT2D eigenvalue weighted by Gasteiger charge is 2.23. The summed E-state index contributed by atoms with van der Waals surface area (Å²) < 4.78 is 5.42. The van der Waals surface area contributed by atoms with E-state index in [1.54, 1.807) is 13.3 Å². The van der Waals surface area contributed by atoms with Crippen LogP contribution in [-0.2, 0) is 0 Å². The average Bonchev–Trinajstić information content (AvgIpc) is 2.62. The molecular weight excluding hydrogens is 302 g/mol. The smallest absolute Gasteiger partial charge is 0.247 e. The third-order valence-corrected chi connectivity index (χ3v) is 4.52.